The Morgan fingerprint density at radius 2 is 2.47 bits per heavy atom. The van der Waals surface area contributed by atoms with Crippen molar-refractivity contribution in [3.05, 3.63) is 22.8 Å². The van der Waals surface area contributed by atoms with Crippen LogP contribution in [-0.4, -0.2) is 30.0 Å². The molecule has 0 aromatic carbocycles. The van der Waals surface area contributed by atoms with E-state index in [9.17, 15) is 0 Å². The molecule has 0 atom stereocenters. The van der Waals surface area contributed by atoms with Crippen LogP contribution in [0.5, 0.6) is 0 Å². The first-order chi connectivity index (χ1) is 7.31. The van der Waals surface area contributed by atoms with Gasteiger partial charge in [0.05, 0.1) is 0 Å². The van der Waals surface area contributed by atoms with Gasteiger partial charge in [0.15, 0.2) is 16.9 Å². The van der Waals surface area contributed by atoms with Gasteiger partial charge in [0.25, 0.3) is 0 Å². The van der Waals surface area contributed by atoms with Crippen LogP contribution in [0.3, 0.4) is 0 Å². The molecule has 15 heavy (non-hydrogen) atoms. The summed E-state index contributed by atoms with van der Waals surface area (Å²) >= 11 is 5.00. The maximum absolute atomic E-state index is 8.99. The van der Waals surface area contributed by atoms with Gasteiger partial charge >= 0.3 is 0 Å². The number of nitrogens with zero attached hydrogens (tertiary/aromatic N) is 4. The van der Waals surface area contributed by atoms with E-state index in [-0.39, 0.29) is 6.61 Å². The van der Waals surface area contributed by atoms with E-state index in [1.165, 1.54) is 6.33 Å². The molecule has 0 saturated heterocycles. The van der Waals surface area contributed by atoms with Crippen LogP contribution in [-0.2, 0) is 19.6 Å². The predicted octanol–water partition coefficient (Wildman–Crippen LogP) is 0.0587. The summed E-state index contributed by atoms with van der Waals surface area (Å²) in [5.41, 5.74) is 0. The van der Waals surface area contributed by atoms with Crippen molar-refractivity contribution in [1.29, 1.82) is 0 Å². The second kappa shape index (κ2) is 4.32. The third-order valence-electron chi connectivity index (χ3n) is 1.93. The highest BCUT2D eigenvalue weighted by Crippen LogP contribution is 2.01. The van der Waals surface area contributed by atoms with E-state index in [1.54, 1.807) is 4.57 Å². The fourth-order valence-corrected chi connectivity index (χ4v) is 1.46. The summed E-state index contributed by atoms with van der Waals surface area (Å²) in [7, 11) is 0. The summed E-state index contributed by atoms with van der Waals surface area (Å²) in [5.74, 6) is 1.03. The number of nitrogens with one attached hydrogen (secondary N) is 1. The number of aliphatic hydroxyl groups excluding tert-OH is 1. The normalized spacial score (nSPS) is 10.7. The molecule has 80 valence electrons. The molecule has 0 aliphatic carbocycles. The summed E-state index contributed by atoms with van der Waals surface area (Å²) < 4.78 is 7.01. The Morgan fingerprint density at radius 1 is 1.60 bits per heavy atom. The highest BCUT2D eigenvalue weighted by molar-refractivity contribution is 7.71. The molecule has 0 unspecified atom stereocenters. The molecular formula is C7H9N5O2S. The third kappa shape index (κ3) is 2.10. The average molecular weight is 227 g/mol. The van der Waals surface area contributed by atoms with Crippen molar-refractivity contribution < 1.29 is 9.63 Å². The van der Waals surface area contributed by atoms with E-state index in [0.29, 0.717) is 29.5 Å². The van der Waals surface area contributed by atoms with Gasteiger partial charge in [-0.15, -0.1) is 0 Å². The minimum atomic E-state index is -0.156. The van der Waals surface area contributed by atoms with E-state index < -0.39 is 0 Å². The Hall–Kier alpha value is -1.54. The topological polar surface area (TPSA) is 92.8 Å². The average Bonchev–Trinajstić information content (AvgIpc) is 2.84. The fourth-order valence-electron chi connectivity index (χ4n) is 1.22. The number of aromatic nitrogens is 5. The Labute approximate surface area is 89.7 Å². The zero-order valence-corrected chi connectivity index (χ0v) is 8.57. The number of aryl methyl sites for hydroxylation is 1. The van der Waals surface area contributed by atoms with Crippen LogP contribution in [0.15, 0.2) is 10.9 Å². The number of rotatable bonds is 4. The zero-order valence-electron chi connectivity index (χ0n) is 7.75. The van der Waals surface area contributed by atoms with Gasteiger partial charge in [0, 0.05) is 13.0 Å². The highest BCUT2D eigenvalue weighted by Gasteiger charge is 2.06. The van der Waals surface area contributed by atoms with E-state index >= 15 is 0 Å². The lowest BCUT2D eigenvalue weighted by molar-refractivity contribution is 0.263. The predicted molar refractivity (Wildman–Crippen MR) is 51.3 cm³/mol. The molecule has 0 amide bonds. The van der Waals surface area contributed by atoms with E-state index in [2.05, 4.69) is 20.3 Å². The molecule has 0 aliphatic heterocycles. The maximum Gasteiger partial charge on any atom is 0.228 e. The smallest absolute Gasteiger partial charge is 0.228 e. The number of aliphatic hydroxyl groups is 1. The molecule has 8 heteroatoms. The minimum Gasteiger partial charge on any atom is -0.388 e. The van der Waals surface area contributed by atoms with E-state index in [4.69, 9.17) is 21.8 Å². The minimum absolute atomic E-state index is 0.156. The van der Waals surface area contributed by atoms with Crippen LogP contribution in [0.4, 0.5) is 0 Å². The number of hydrogen-bond donors (Lipinski definition) is 2. The van der Waals surface area contributed by atoms with Gasteiger partial charge in [-0.3, -0.25) is 5.10 Å². The van der Waals surface area contributed by atoms with Crippen LogP contribution in [0.1, 0.15) is 11.7 Å². The summed E-state index contributed by atoms with van der Waals surface area (Å²) in [6.45, 7) is 0.393. The van der Waals surface area contributed by atoms with Crippen molar-refractivity contribution in [2.24, 2.45) is 0 Å². The Morgan fingerprint density at radius 3 is 3.13 bits per heavy atom. The molecule has 2 heterocycles. The van der Waals surface area contributed by atoms with Gasteiger partial charge in [0.1, 0.15) is 6.61 Å². The molecule has 2 aromatic rings. The van der Waals surface area contributed by atoms with Crippen molar-refractivity contribution in [2.75, 3.05) is 0 Å². The molecule has 0 bridgehead atoms. The van der Waals surface area contributed by atoms with Crippen LogP contribution in [0, 0.1) is 4.77 Å². The Bertz CT molecular complexity index is 474. The van der Waals surface area contributed by atoms with Crippen molar-refractivity contribution in [3.8, 4) is 0 Å². The van der Waals surface area contributed by atoms with Crippen LogP contribution >= 0.6 is 12.2 Å². The standard InChI is InChI=1S/C7H9N5O2S/c13-3-5-10-11-7(15)12(5)2-1-6-8-4-9-14-6/h4,13H,1-3H2,(H,11,15). The van der Waals surface area contributed by atoms with Gasteiger partial charge in [-0.1, -0.05) is 5.16 Å². The molecule has 0 saturated carbocycles. The monoisotopic (exact) mass is 227 g/mol. The largest absolute Gasteiger partial charge is 0.388 e. The van der Waals surface area contributed by atoms with Crippen molar-refractivity contribution >= 4 is 12.2 Å². The second-order valence-corrected chi connectivity index (χ2v) is 3.23. The Balaban J connectivity index is 2.10. The first kappa shape index (κ1) is 9.99. The van der Waals surface area contributed by atoms with Gasteiger partial charge in [-0.2, -0.15) is 10.1 Å². The maximum atomic E-state index is 8.99. The lowest BCUT2D eigenvalue weighted by Crippen LogP contribution is -2.06. The van der Waals surface area contributed by atoms with Crippen molar-refractivity contribution in [3.63, 3.8) is 0 Å². The molecule has 0 spiro atoms. The molecule has 7 nitrogen and oxygen atoms in total. The summed E-state index contributed by atoms with van der Waals surface area (Å²) in [6.07, 6.45) is 1.90. The SMILES string of the molecule is OCc1n[nH]c(=S)n1CCc1ncno1. The summed E-state index contributed by atoms with van der Waals surface area (Å²) in [5, 5.41) is 19.0. The molecular weight excluding hydrogens is 218 g/mol. The first-order valence-electron chi connectivity index (χ1n) is 4.31. The van der Waals surface area contributed by atoms with Crippen LogP contribution < -0.4 is 0 Å². The summed E-state index contributed by atoms with van der Waals surface area (Å²) in [4.78, 5) is 3.88. The molecule has 2 rings (SSSR count). The quantitative estimate of drug-likeness (QED) is 0.717. The molecule has 2 aromatic heterocycles. The lowest BCUT2D eigenvalue weighted by Gasteiger charge is -2.01. The van der Waals surface area contributed by atoms with Crippen LogP contribution in [0.2, 0.25) is 0 Å². The zero-order chi connectivity index (χ0) is 10.7. The molecule has 0 radical (unpaired) electrons. The number of aromatic amines is 1. The van der Waals surface area contributed by atoms with Gasteiger partial charge < -0.3 is 14.2 Å². The van der Waals surface area contributed by atoms with E-state index in [0.717, 1.165) is 0 Å². The molecule has 0 fully saturated rings. The van der Waals surface area contributed by atoms with Crippen LogP contribution in [0.25, 0.3) is 0 Å². The number of H-pyrrole nitrogens is 1. The number of hydrogen-bond acceptors (Lipinski definition) is 6. The highest BCUT2D eigenvalue weighted by atomic mass is 32.1. The lowest BCUT2D eigenvalue weighted by atomic mass is 10.4. The fraction of sp³-hybridized carbons (Fsp3) is 0.429. The van der Waals surface area contributed by atoms with Gasteiger partial charge in [0.2, 0.25) is 5.89 Å². The Kier molecular flexibility index (Phi) is 2.88. The summed E-state index contributed by atoms with van der Waals surface area (Å²) in [6, 6.07) is 0. The van der Waals surface area contributed by atoms with E-state index in [1.807, 2.05) is 0 Å². The van der Waals surface area contributed by atoms with Gasteiger partial charge in [-0.25, -0.2) is 0 Å². The molecule has 2 N–H and O–H groups in total. The van der Waals surface area contributed by atoms with Gasteiger partial charge in [-0.05, 0) is 12.2 Å². The second-order valence-electron chi connectivity index (χ2n) is 2.84. The first-order valence-corrected chi connectivity index (χ1v) is 4.72. The van der Waals surface area contributed by atoms with Crippen molar-refractivity contribution in [1.82, 2.24) is 24.9 Å². The third-order valence-corrected chi connectivity index (χ3v) is 2.25. The molecule has 0 aliphatic rings. The van der Waals surface area contributed by atoms with Crippen molar-refractivity contribution in [2.45, 2.75) is 19.6 Å².